The molecule has 1 aliphatic heterocycles. The van der Waals surface area contributed by atoms with E-state index >= 15 is 0 Å². The Hall–Kier alpha value is -1.07. The van der Waals surface area contributed by atoms with Crippen molar-refractivity contribution in [2.75, 3.05) is 32.9 Å². The van der Waals surface area contributed by atoms with Crippen molar-refractivity contribution in [2.24, 2.45) is 5.92 Å². The topological polar surface area (TPSA) is 48.3 Å². The van der Waals surface area contributed by atoms with Crippen LogP contribution < -0.4 is 10.1 Å². The molecule has 1 aromatic heterocycles. The van der Waals surface area contributed by atoms with E-state index in [0.29, 0.717) is 12.5 Å². The zero-order chi connectivity index (χ0) is 11.9. The van der Waals surface area contributed by atoms with Crippen LogP contribution in [-0.4, -0.2) is 42.7 Å². The minimum Gasteiger partial charge on any atom is -0.489 e. The largest absolute Gasteiger partial charge is 0.489 e. The highest BCUT2D eigenvalue weighted by Crippen LogP contribution is 2.10. The lowest BCUT2D eigenvalue weighted by Gasteiger charge is -2.09. The van der Waals surface area contributed by atoms with E-state index < -0.39 is 0 Å². The number of hydrogen-bond acceptors (Lipinski definition) is 4. The summed E-state index contributed by atoms with van der Waals surface area (Å²) in [4.78, 5) is 0. The van der Waals surface area contributed by atoms with Crippen molar-refractivity contribution in [3.63, 3.8) is 0 Å². The highest BCUT2D eigenvalue weighted by Gasteiger charge is 2.14. The fourth-order valence-corrected chi connectivity index (χ4v) is 1.88. The van der Waals surface area contributed by atoms with Crippen LogP contribution in [0.25, 0.3) is 0 Å². The van der Waals surface area contributed by atoms with Crippen molar-refractivity contribution in [3.8, 4) is 5.75 Å². The lowest BCUT2D eigenvalue weighted by molar-refractivity contribution is 0.185. The van der Waals surface area contributed by atoms with Gasteiger partial charge in [0, 0.05) is 26.2 Å². The first-order valence-corrected chi connectivity index (χ1v) is 6.32. The van der Waals surface area contributed by atoms with Crippen molar-refractivity contribution >= 4 is 0 Å². The van der Waals surface area contributed by atoms with Gasteiger partial charge in [0.15, 0.2) is 5.75 Å². The molecule has 17 heavy (non-hydrogen) atoms. The molecule has 1 aliphatic rings. The molecule has 1 aromatic rings. The molecular weight excluding hydrogens is 218 g/mol. The van der Waals surface area contributed by atoms with Gasteiger partial charge in [0.1, 0.15) is 6.61 Å². The van der Waals surface area contributed by atoms with Crippen molar-refractivity contribution in [2.45, 2.75) is 19.9 Å². The number of nitrogens with one attached hydrogen (secondary N) is 1. The molecule has 96 valence electrons. The average molecular weight is 239 g/mol. The Morgan fingerprint density at radius 3 is 3.29 bits per heavy atom. The summed E-state index contributed by atoms with van der Waals surface area (Å²) in [5.74, 6) is 1.52. The van der Waals surface area contributed by atoms with Crippen molar-refractivity contribution in [3.05, 3.63) is 12.4 Å². The molecule has 0 saturated carbocycles. The van der Waals surface area contributed by atoms with Gasteiger partial charge in [-0.1, -0.05) is 0 Å². The third-order valence-electron chi connectivity index (χ3n) is 2.94. The van der Waals surface area contributed by atoms with Gasteiger partial charge in [-0.15, -0.1) is 0 Å². The molecule has 0 amide bonds. The van der Waals surface area contributed by atoms with Gasteiger partial charge in [-0.05, 0) is 19.3 Å². The van der Waals surface area contributed by atoms with Gasteiger partial charge in [-0.2, -0.15) is 5.10 Å². The Balaban J connectivity index is 1.53. The first kappa shape index (κ1) is 12.4. The van der Waals surface area contributed by atoms with Crippen LogP contribution in [0.15, 0.2) is 12.4 Å². The third-order valence-corrected chi connectivity index (χ3v) is 2.94. The molecule has 0 aliphatic carbocycles. The maximum Gasteiger partial charge on any atom is 0.157 e. The molecule has 0 spiro atoms. The standard InChI is InChI=1S/C12H21N3O2/c1-2-15-9-12(8-14-15)17-6-4-13-7-11-3-5-16-10-11/h8-9,11,13H,2-7,10H2,1H3. The Morgan fingerprint density at radius 1 is 1.65 bits per heavy atom. The van der Waals surface area contributed by atoms with Gasteiger partial charge < -0.3 is 14.8 Å². The normalized spacial score (nSPS) is 19.7. The number of hydrogen-bond donors (Lipinski definition) is 1. The molecule has 0 aromatic carbocycles. The maximum absolute atomic E-state index is 5.58. The second kappa shape index (κ2) is 6.61. The maximum atomic E-state index is 5.58. The van der Waals surface area contributed by atoms with Crippen LogP contribution >= 0.6 is 0 Å². The molecular formula is C12H21N3O2. The zero-order valence-corrected chi connectivity index (χ0v) is 10.4. The van der Waals surface area contributed by atoms with E-state index in [1.165, 1.54) is 6.42 Å². The van der Waals surface area contributed by atoms with E-state index in [1.807, 2.05) is 10.9 Å². The van der Waals surface area contributed by atoms with E-state index in [4.69, 9.17) is 9.47 Å². The van der Waals surface area contributed by atoms with Crippen LogP contribution in [0.4, 0.5) is 0 Å². The van der Waals surface area contributed by atoms with Crippen LogP contribution in [0, 0.1) is 5.92 Å². The SMILES string of the molecule is CCn1cc(OCCNCC2CCOC2)cn1. The summed E-state index contributed by atoms with van der Waals surface area (Å²) in [6.45, 7) is 7.33. The lowest BCUT2D eigenvalue weighted by atomic mass is 10.1. The first-order valence-electron chi connectivity index (χ1n) is 6.32. The van der Waals surface area contributed by atoms with Gasteiger partial charge in [0.25, 0.3) is 0 Å². The highest BCUT2D eigenvalue weighted by molar-refractivity contribution is 5.11. The van der Waals surface area contributed by atoms with Gasteiger partial charge in [0.2, 0.25) is 0 Å². The second-order valence-electron chi connectivity index (χ2n) is 4.31. The average Bonchev–Trinajstić information content (AvgIpc) is 2.99. The molecule has 1 atom stereocenters. The number of nitrogens with zero attached hydrogens (tertiary/aromatic N) is 2. The molecule has 1 fully saturated rings. The summed E-state index contributed by atoms with van der Waals surface area (Å²) in [5.41, 5.74) is 0. The summed E-state index contributed by atoms with van der Waals surface area (Å²) < 4.78 is 12.8. The Bertz CT molecular complexity index is 321. The summed E-state index contributed by atoms with van der Waals surface area (Å²) >= 11 is 0. The van der Waals surface area contributed by atoms with Gasteiger partial charge >= 0.3 is 0 Å². The molecule has 1 saturated heterocycles. The van der Waals surface area contributed by atoms with Crippen LogP contribution in [0.3, 0.4) is 0 Å². The molecule has 5 heteroatoms. The second-order valence-corrected chi connectivity index (χ2v) is 4.31. The molecule has 2 heterocycles. The highest BCUT2D eigenvalue weighted by atomic mass is 16.5. The minimum absolute atomic E-state index is 0.679. The van der Waals surface area contributed by atoms with Crippen LogP contribution in [-0.2, 0) is 11.3 Å². The molecule has 0 bridgehead atoms. The lowest BCUT2D eigenvalue weighted by Crippen LogP contribution is -2.27. The Labute approximate surface area is 102 Å². The third kappa shape index (κ3) is 4.02. The quantitative estimate of drug-likeness (QED) is 0.718. The Morgan fingerprint density at radius 2 is 2.59 bits per heavy atom. The van der Waals surface area contributed by atoms with E-state index in [1.54, 1.807) is 6.20 Å². The number of aryl methyl sites for hydroxylation is 1. The van der Waals surface area contributed by atoms with Crippen LogP contribution in [0.2, 0.25) is 0 Å². The predicted molar refractivity (Wildman–Crippen MR) is 65.2 cm³/mol. The number of aromatic nitrogens is 2. The van der Waals surface area contributed by atoms with Gasteiger partial charge in [0.05, 0.1) is 19.0 Å². The summed E-state index contributed by atoms with van der Waals surface area (Å²) in [6, 6.07) is 0. The monoisotopic (exact) mass is 239 g/mol. The van der Waals surface area contributed by atoms with Crippen LogP contribution in [0.5, 0.6) is 5.75 Å². The fraction of sp³-hybridized carbons (Fsp3) is 0.750. The van der Waals surface area contributed by atoms with E-state index in [9.17, 15) is 0 Å². The summed E-state index contributed by atoms with van der Waals surface area (Å²) in [7, 11) is 0. The smallest absolute Gasteiger partial charge is 0.157 e. The minimum atomic E-state index is 0.679. The number of rotatable bonds is 7. The zero-order valence-electron chi connectivity index (χ0n) is 10.4. The van der Waals surface area contributed by atoms with E-state index in [0.717, 1.165) is 38.6 Å². The van der Waals surface area contributed by atoms with Gasteiger partial charge in [-0.25, -0.2) is 0 Å². The van der Waals surface area contributed by atoms with Crippen molar-refractivity contribution in [1.82, 2.24) is 15.1 Å². The first-order chi connectivity index (χ1) is 8.38. The molecule has 0 radical (unpaired) electrons. The fourth-order valence-electron chi connectivity index (χ4n) is 1.88. The van der Waals surface area contributed by atoms with Crippen molar-refractivity contribution < 1.29 is 9.47 Å². The molecule has 5 nitrogen and oxygen atoms in total. The molecule has 1 unspecified atom stereocenters. The Kier molecular flexibility index (Phi) is 4.82. The molecule has 1 N–H and O–H groups in total. The molecule has 2 rings (SSSR count). The predicted octanol–water partition coefficient (Wildman–Crippen LogP) is 0.908. The van der Waals surface area contributed by atoms with Gasteiger partial charge in [-0.3, -0.25) is 4.68 Å². The summed E-state index contributed by atoms with van der Waals surface area (Å²) in [6.07, 6.45) is 4.86. The van der Waals surface area contributed by atoms with E-state index in [2.05, 4.69) is 17.3 Å². The van der Waals surface area contributed by atoms with Crippen molar-refractivity contribution in [1.29, 1.82) is 0 Å². The number of ether oxygens (including phenoxy) is 2. The van der Waals surface area contributed by atoms with E-state index in [-0.39, 0.29) is 0 Å². The summed E-state index contributed by atoms with van der Waals surface area (Å²) in [5, 5.41) is 7.54. The van der Waals surface area contributed by atoms with Crippen LogP contribution in [0.1, 0.15) is 13.3 Å².